The first kappa shape index (κ1) is 13.1. The third-order valence-corrected chi connectivity index (χ3v) is 3.28. The Balaban J connectivity index is 2.10. The van der Waals surface area contributed by atoms with Crippen molar-refractivity contribution >= 4 is 22.9 Å². The second-order valence-corrected chi connectivity index (χ2v) is 4.66. The lowest BCUT2D eigenvalue weighted by Gasteiger charge is -2.10. The smallest absolute Gasteiger partial charge is 0.228 e. The molecule has 0 aliphatic carbocycles. The molecular weight excluding hydrogens is 260 g/mol. The highest BCUT2D eigenvalue weighted by molar-refractivity contribution is 7.08. The molecule has 1 amide bonds. The Labute approximate surface area is 115 Å². The van der Waals surface area contributed by atoms with E-state index in [9.17, 15) is 4.79 Å². The van der Waals surface area contributed by atoms with Crippen molar-refractivity contribution in [2.75, 3.05) is 12.4 Å². The fraction of sp³-hybridized carbons (Fsp3) is 0.143. The summed E-state index contributed by atoms with van der Waals surface area (Å²) in [6.45, 7) is 0. The fourth-order valence-electron chi connectivity index (χ4n) is 1.64. The highest BCUT2D eigenvalue weighted by Gasteiger charge is 2.09. The third-order valence-electron chi connectivity index (χ3n) is 2.55. The lowest BCUT2D eigenvalue weighted by molar-refractivity contribution is -0.115. The van der Waals surface area contributed by atoms with E-state index in [1.807, 2.05) is 22.9 Å². The number of ether oxygens (including phenoxy) is 1. The maximum Gasteiger partial charge on any atom is 0.228 e. The molecule has 5 heteroatoms. The number of benzene rings is 1. The first-order chi connectivity index (χ1) is 9.22. The van der Waals surface area contributed by atoms with Crippen molar-refractivity contribution in [3.63, 3.8) is 0 Å². The number of rotatable bonds is 4. The Bertz CT molecular complexity index is 615. The summed E-state index contributed by atoms with van der Waals surface area (Å²) in [5, 5.41) is 15.5. The van der Waals surface area contributed by atoms with Crippen molar-refractivity contribution in [1.29, 1.82) is 5.26 Å². The highest BCUT2D eigenvalue weighted by atomic mass is 32.1. The molecule has 0 aliphatic heterocycles. The van der Waals surface area contributed by atoms with Crippen LogP contribution in [-0.4, -0.2) is 13.0 Å². The van der Waals surface area contributed by atoms with Gasteiger partial charge in [0.25, 0.3) is 0 Å². The van der Waals surface area contributed by atoms with Gasteiger partial charge in [-0.15, -0.1) is 0 Å². The van der Waals surface area contributed by atoms with Gasteiger partial charge in [0, 0.05) is 6.07 Å². The fourth-order valence-corrected chi connectivity index (χ4v) is 2.31. The van der Waals surface area contributed by atoms with Gasteiger partial charge < -0.3 is 10.1 Å². The van der Waals surface area contributed by atoms with Crippen molar-refractivity contribution in [2.45, 2.75) is 6.42 Å². The van der Waals surface area contributed by atoms with E-state index in [0.717, 1.165) is 5.56 Å². The molecule has 0 saturated heterocycles. The van der Waals surface area contributed by atoms with Crippen LogP contribution in [0.5, 0.6) is 5.75 Å². The van der Waals surface area contributed by atoms with Gasteiger partial charge in [0.05, 0.1) is 30.9 Å². The van der Waals surface area contributed by atoms with Crippen LogP contribution < -0.4 is 10.1 Å². The lowest BCUT2D eigenvalue weighted by Crippen LogP contribution is -2.14. The molecule has 0 saturated carbocycles. The monoisotopic (exact) mass is 272 g/mol. The predicted molar refractivity (Wildman–Crippen MR) is 74.4 cm³/mol. The second kappa shape index (κ2) is 6.03. The minimum Gasteiger partial charge on any atom is -0.495 e. The topological polar surface area (TPSA) is 62.1 Å². The van der Waals surface area contributed by atoms with Gasteiger partial charge in [0.15, 0.2) is 0 Å². The van der Waals surface area contributed by atoms with Gasteiger partial charge in [-0.2, -0.15) is 16.6 Å². The van der Waals surface area contributed by atoms with Gasteiger partial charge in [-0.05, 0) is 34.5 Å². The van der Waals surface area contributed by atoms with Gasteiger partial charge >= 0.3 is 0 Å². The summed E-state index contributed by atoms with van der Waals surface area (Å²) in [5.74, 6) is 0.374. The molecule has 2 rings (SSSR count). The highest BCUT2D eigenvalue weighted by Crippen LogP contribution is 2.25. The second-order valence-electron chi connectivity index (χ2n) is 3.88. The zero-order chi connectivity index (χ0) is 13.7. The number of nitrogens with zero attached hydrogens (tertiary/aromatic N) is 1. The normalized spacial score (nSPS) is 9.68. The zero-order valence-electron chi connectivity index (χ0n) is 10.3. The van der Waals surface area contributed by atoms with Crippen LogP contribution in [-0.2, 0) is 11.2 Å². The molecule has 4 nitrogen and oxygen atoms in total. The van der Waals surface area contributed by atoms with E-state index >= 15 is 0 Å². The largest absolute Gasteiger partial charge is 0.495 e. The number of carbonyl (C=O) groups is 1. The number of methoxy groups -OCH3 is 1. The molecule has 0 spiro atoms. The first-order valence-corrected chi connectivity index (χ1v) is 6.56. The van der Waals surface area contributed by atoms with Crippen LogP contribution in [0.3, 0.4) is 0 Å². The van der Waals surface area contributed by atoms with Gasteiger partial charge in [-0.3, -0.25) is 4.79 Å². The molecule has 0 bridgehead atoms. The summed E-state index contributed by atoms with van der Waals surface area (Å²) >= 11 is 1.56. The number of nitriles is 1. The Morgan fingerprint density at radius 2 is 2.32 bits per heavy atom. The van der Waals surface area contributed by atoms with Crippen LogP contribution in [0, 0.1) is 11.3 Å². The van der Waals surface area contributed by atoms with Gasteiger partial charge in [-0.1, -0.05) is 0 Å². The summed E-state index contributed by atoms with van der Waals surface area (Å²) in [5.41, 5.74) is 2.05. The SMILES string of the molecule is COc1cc(C#N)ccc1NC(=O)Cc1ccsc1. The van der Waals surface area contributed by atoms with Crippen LogP contribution in [0.15, 0.2) is 35.0 Å². The Morgan fingerprint density at radius 1 is 1.47 bits per heavy atom. The quantitative estimate of drug-likeness (QED) is 0.931. The summed E-state index contributed by atoms with van der Waals surface area (Å²) in [6, 6.07) is 8.85. The lowest BCUT2D eigenvalue weighted by atomic mass is 10.2. The Hall–Kier alpha value is -2.32. The average Bonchev–Trinajstić information content (AvgIpc) is 2.91. The molecule has 19 heavy (non-hydrogen) atoms. The standard InChI is InChI=1S/C14H12N2O2S/c1-18-13-6-10(8-15)2-3-12(13)16-14(17)7-11-4-5-19-9-11/h2-6,9H,7H2,1H3,(H,16,17). The van der Waals surface area contributed by atoms with Crippen LogP contribution in [0.4, 0.5) is 5.69 Å². The number of amides is 1. The van der Waals surface area contributed by atoms with Crippen LogP contribution in [0.2, 0.25) is 0 Å². The Kier molecular flexibility index (Phi) is 4.16. The Morgan fingerprint density at radius 3 is 2.95 bits per heavy atom. The molecule has 1 aromatic carbocycles. The van der Waals surface area contributed by atoms with Gasteiger partial charge in [0.1, 0.15) is 5.75 Å². The molecule has 2 aromatic rings. The average molecular weight is 272 g/mol. The molecule has 1 aromatic heterocycles. The van der Waals surface area contributed by atoms with E-state index in [2.05, 4.69) is 5.32 Å². The first-order valence-electron chi connectivity index (χ1n) is 5.62. The molecule has 1 N–H and O–H groups in total. The summed E-state index contributed by atoms with van der Waals surface area (Å²) in [4.78, 5) is 11.9. The molecule has 0 atom stereocenters. The van der Waals surface area contributed by atoms with Gasteiger partial charge in [0.2, 0.25) is 5.91 Å². The summed E-state index contributed by atoms with van der Waals surface area (Å²) in [6.07, 6.45) is 0.326. The van der Waals surface area contributed by atoms with Crippen LogP contribution in [0.25, 0.3) is 0 Å². The third kappa shape index (κ3) is 3.33. The van der Waals surface area contributed by atoms with Crippen molar-refractivity contribution in [2.24, 2.45) is 0 Å². The summed E-state index contributed by atoms with van der Waals surface area (Å²) in [7, 11) is 1.50. The van der Waals surface area contributed by atoms with Crippen molar-refractivity contribution in [3.8, 4) is 11.8 Å². The number of thiophene rings is 1. The van der Waals surface area contributed by atoms with Crippen molar-refractivity contribution < 1.29 is 9.53 Å². The number of carbonyl (C=O) groups excluding carboxylic acids is 1. The van der Waals surface area contributed by atoms with Crippen LogP contribution >= 0.6 is 11.3 Å². The van der Waals surface area contributed by atoms with E-state index in [4.69, 9.17) is 10.00 Å². The molecule has 0 radical (unpaired) electrons. The van der Waals surface area contributed by atoms with Gasteiger partial charge in [-0.25, -0.2) is 0 Å². The molecule has 0 fully saturated rings. The molecule has 0 unspecified atom stereocenters. The van der Waals surface area contributed by atoms with E-state index in [-0.39, 0.29) is 5.91 Å². The maximum atomic E-state index is 11.9. The molecule has 96 valence electrons. The minimum absolute atomic E-state index is 0.110. The van der Waals surface area contributed by atoms with Crippen molar-refractivity contribution in [3.05, 3.63) is 46.2 Å². The van der Waals surface area contributed by atoms with Crippen molar-refractivity contribution in [1.82, 2.24) is 0 Å². The zero-order valence-corrected chi connectivity index (χ0v) is 11.2. The number of nitrogens with one attached hydrogen (secondary N) is 1. The molecular formula is C14H12N2O2S. The van der Waals surface area contributed by atoms with E-state index in [1.165, 1.54) is 7.11 Å². The predicted octanol–water partition coefficient (Wildman–Crippen LogP) is 2.81. The van der Waals surface area contributed by atoms with E-state index in [0.29, 0.717) is 23.4 Å². The maximum absolute atomic E-state index is 11.9. The minimum atomic E-state index is -0.110. The summed E-state index contributed by atoms with van der Waals surface area (Å²) < 4.78 is 5.16. The number of anilines is 1. The molecule has 0 aliphatic rings. The van der Waals surface area contributed by atoms with Crippen LogP contribution in [0.1, 0.15) is 11.1 Å². The number of hydrogen-bond acceptors (Lipinski definition) is 4. The molecule has 1 heterocycles. The van der Waals surface area contributed by atoms with E-state index < -0.39 is 0 Å². The van der Waals surface area contributed by atoms with E-state index in [1.54, 1.807) is 29.5 Å². The number of hydrogen-bond donors (Lipinski definition) is 1.